The van der Waals surface area contributed by atoms with Crippen LogP contribution in [0.5, 0.6) is 0 Å². The van der Waals surface area contributed by atoms with Crippen molar-refractivity contribution in [2.45, 2.75) is 30.9 Å². The Morgan fingerprint density at radius 2 is 1.73 bits per heavy atom. The maximum Gasteiger partial charge on any atom is 0.418 e. The Morgan fingerprint density at radius 3 is 2.36 bits per heavy atom. The number of carbonyl (C=O) groups is 1. The van der Waals surface area contributed by atoms with E-state index in [9.17, 15) is 31.1 Å². The number of fused-ring (bicyclic) bond motifs is 1. The quantitative estimate of drug-likeness (QED) is 0.375. The van der Waals surface area contributed by atoms with E-state index in [0.29, 0.717) is 10.2 Å². The molecule has 1 aliphatic heterocycles. The van der Waals surface area contributed by atoms with Gasteiger partial charge in [0.15, 0.2) is 11.7 Å². The van der Waals surface area contributed by atoms with Gasteiger partial charge in [-0.25, -0.2) is 4.68 Å². The monoisotopic (exact) mass is 532 g/mol. The lowest BCUT2D eigenvalue weighted by atomic mass is 9.97. The Bertz CT molecular complexity index is 1170. The largest absolute Gasteiger partial charge is 0.418 e. The molecule has 2 N–H and O–H groups in total. The molecule has 2 atom stereocenters. The van der Waals surface area contributed by atoms with E-state index in [1.165, 1.54) is 6.07 Å². The highest BCUT2D eigenvalue weighted by molar-refractivity contribution is 9.10. The summed E-state index contributed by atoms with van der Waals surface area (Å²) in [7, 11) is 0. The Morgan fingerprint density at radius 1 is 1.06 bits per heavy atom. The smallest absolute Gasteiger partial charge is 0.363 e. The van der Waals surface area contributed by atoms with E-state index >= 15 is 0 Å². The number of carbonyl (C=O) groups excluding carboxylic acids is 1. The fourth-order valence-electron chi connectivity index (χ4n) is 3.62. The first-order valence-corrected chi connectivity index (χ1v) is 10.4. The number of nitrogens with zero attached hydrogens (tertiary/aromatic N) is 2. The summed E-state index contributed by atoms with van der Waals surface area (Å²) in [6.07, 6.45) is -9.76. The highest BCUT2D eigenvalue weighted by atomic mass is 79.9. The van der Waals surface area contributed by atoms with E-state index < -0.39 is 47.3 Å². The average molecular weight is 533 g/mol. The summed E-state index contributed by atoms with van der Waals surface area (Å²) >= 11 is 3.27. The van der Waals surface area contributed by atoms with Gasteiger partial charge < -0.3 is 10.6 Å². The first kappa shape index (κ1) is 23.1. The molecule has 0 spiro atoms. The summed E-state index contributed by atoms with van der Waals surface area (Å²) in [6, 6.07) is 9.39. The van der Waals surface area contributed by atoms with Crippen LogP contribution in [0.4, 0.5) is 37.8 Å². The van der Waals surface area contributed by atoms with Gasteiger partial charge in [-0.3, -0.25) is 4.79 Å². The van der Waals surface area contributed by atoms with Gasteiger partial charge in [-0.1, -0.05) is 40.2 Å². The molecule has 0 bridgehead atoms. The normalized spacial score (nSPS) is 18.4. The Labute approximate surface area is 191 Å². The number of amides is 1. The molecule has 174 valence electrons. The molecule has 3 aromatic rings. The van der Waals surface area contributed by atoms with Gasteiger partial charge in [0, 0.05) is 17.0 Å². The summed E-state index contributed by atoms with van der Waals surface area (Å²) in [4.78, 5) is 12.6. The van der Waals surface area contributed by atoms with Crippen molar-refractivity contribution in [1.29, 1.82) is 0 Å². The Balaban J connectivity index is 1.65. The lowest BCUT2D eigenvalue weighted by molar-refractivity contribution is -0.173. The Kier molecular flexibility index (Phi) is 5.89. The van der Waals surface area contributed by atoms with Gasteiger partial charge in [0.1, 0.15) is 5.82 Å². The van der Waals surface area contributed by atoms with E-state index in [-0.39, 0.29) is 12.2 Å². The van der Waals surface area contributed by atoms with Crippen molar-refractivity contribution in [3.63, 3.8) is 0 Å². The molecule has 0 saturated carbocycles. The van der Waals surface area contributed by atoms with Crippen LogP contribution in [-0.2, 0) is 6.18 Å². The lowest BCUT2D eigenvalue weighted by Crippen LogP contribution is -2.35. The number of para-hydroxylation sites is 1. The molecule has 0 aliphatic carbocycles. The number of alkyl halides is 6. The topological polar surface area (TPSA) is 59.0 Å². The van der Waals surface area contributed by atoms with Crippen LogP contribution in [0.3, 0.4) is 0 Å². The summed E-state index contributed by atoms with van der Waals surface area (Å²) in [5, 5.41) is 8.79. The van der Waals surface area contributed by atoms with Crippen LogP contribution >= 0.6 is 15.9 Å². The van der Waals surface area contributed by atoms with E-state index in [2.05, 4.69) is 31.7 Å². The van der Waals surface area contributed by atoms with Crippen molar-refractivity contribution in [1.82, 2.24) is 9.78 Å². The molecule has 2 heterocycles. The number of hydrogen-bond acceptors (Lipinski definition) is 3. The third-order valence-corrected chi connectivity index (χ3v) is 5.70. The number of rotatable bonds is 3. The summed E-state index contributed by atoms with van der Waals surface area (Å²) < 4.78 is 82.4. The van der Waals surface area contributed by atoms with Crippen LogP contribution < -0.4 is 10.6 Å². The summed E-state index contributed by atoms with van der Waals surface area (Å²) in [6.45, 7) is 0. The van der Waals surface area contributed by atoms with Crippen LogP contribution in [0.15, 0.2) is 59.1 Å². The second-order valence-electron chi connectivity index (χ2n) is 7.40. The molecule has 1 aliphatic rings. The highest BCUT2D eigenvalue weighted by Crippen LogP contribution is 2.44. The van der Waals surface area contributed by atoms with E-state index in [1.807, 2.05) is 0 Å². The number of benzene rings is 2. The van der Waals surface area contributed by atoms with Crippen molar-refractivity contribution in [3.05, 3.63) is 75.9 Å². The van der Waals surface area contributed by atoms with Gasteiger partial charge >= 0.3 is 12.4 Å². The van der Waals surface area contributed by atoms with Gasteiger partial charge in [-0.05, 0) is 29.8 Å². The second-order valence-corrected chi connectivity index (χ2v) is 8.31. The first-order chi connectivity index (χ1) is 15.4. The van der Waals surface area contributed by atoms with Crippen LogP contribution in [0.1, 0.15) is 40.1 Å². The predicted molar refractivity (Wildman–Crippen MR) is 112 cm³/mol. The van der Waals surface area contributed by atoms with Crippen molar-refractivity contribution >= 4 is 33.3 Å². The molecule has 0 unspecified atom stereocenters. The van der Waals surface area contributed by atoms with Crippen molar-refractivity contribution in [2.24, 2.45) is 0 Å². The molecule has 33 heavy (non-hydrogen) atoms. The molecule has 5 nitrogen and oxygen atoms in total. The summed E-state index contributed by atoms with van der Waals surface area (Å²) in [5.74, 6) is -1.12. The van der Waals surface area contributed by atoms with Crippen LogP contribution in [0.25, 0.3) is 0 Å². The molecule has 0 saturated heterocycles. The standard InChI is InChI=1S/C21H15BrF6N4O/c22-12-7-5-11(6-8-12)15-9-17(21(26,27)28)32-18(29-15)10-16(31-32)19(33)30-14-4-2-1-3-13(14)20(23,24)25/h1-8,10,15,17,29H,9H2,(H,30,33)/t15-,17+/m0/s1. The SMILES string of the molecule is O=C(Nc1ccccc1C(F)(F)F)c1cc2n(n1)[C@@H](C(F)(F)F)C[C@@H](c1ccc(Br)cc1)N2. The molecule has 0 fully saturated rings. The third kappa shape index (κ3) is 4.85. The van der Waals surface area contributed by atoms with Crippen molar-refractivity contribution < 1.29 is 31.1 Å². The number of hydrogen-bond donors (Lipinski definition) is 2. The first-order valence-electron chi connectivity index (χ1n) is 9.59. The highest BCUT2D eigenvalue weighted by Gasteiger charge is 2.47. The number of nitrogens with one attached hydrogen (secondary N) is 2. The zero-order valence-corrected chi connectivity index (χ0v) is 18.1. The molecule has 0 radical (unpaired) electrons. The molecular weight excluding hydrogens is 518 g/mol. The van der Waals surface area contributed by atoms with Crippen LogP contribution in [0, 0.1) is 0 Å². The lowest BCUT2D eigenvalue weighted by Gasteiger charge is -2.33. The number of anilines is 2. The maximum absolute atomic E-state index is 13.8. The minimum absolute atomic E-state index is 0.0641. The zero-order chi connectivity index (χ0) is 24.0. The molecule has 2 aromatic carbocycles. The minimum Gasteiger partial charge on any atom is -0.363 e. The predicted octanol–water partition coefficient (Wildman–Crippen LogP) is 6.58. The maximum atomic E-state index is 13.8. The number of halogens is 7. The van der Waals surface area contributed by atoms with E-state index in [4.69, 9.17) is 0 Å². The van der Waals surface area contributed by atoms with Gasteiger partial charge in [0.25, 0.3) is 5.91 Å². The molecular formula is C21H15BrF6N4O. The van der Waals surface area contributed by atoms with Crippen LogP contribution in [-0.4, -0.2) is 21.9 Å². The molecule has 12 heteroatoms. The molecule has 1 aromatic heterocycles. The molecule has 4 rings (SSSR count). The van der Waals surface area contributed by atoms with Gasteiger partial charge in [-0.2, -0.15) is 31.4 Å². The van der Waals surface area contributed by atoms with Gasteiger partial charge in [0.05, 0.1) is 17.3 Å². The van der Waals surface area contributed by atoms with Crippen molar-refractivity contribution in [3.8, 4) is 0 Å². The van der Waals surface area contributed by atoms with E-state index in [1.54, 1.807) is 24.3 Å². The van der Waals surface area contributed by atoms with Gasteiger partial charge in [0.2, 0.25) is 0 Å². The third-order valence-electron chi connectivity index (χ3n) is 5.18. The van der Waals surface area contributed by atoms with Crippen LogP contribution in [0.2, 0.25) is 0 Å². The van der Waals surface area contributed by atoms with Crippen molar-refractivity contribution in [2.75, 3.05) is 10.6 Å². The van der Waals surface area contributed by atoms with Gasteiger partial charge in [-0.15, -0.1) is 0 Å². The summed E-state index contributed by atoms with van der Waals surface area (Å²) in [5.41, 5.74) is -1.44. The molecule has 1 amide bonds. The zero-order valence-electron chi connectivity index (χ0n) is 16.5. The Hall–Kier alpha value is -3.02. The second kappa shape index (κ2) is 8.40. The van der Waals surface area contributed by atoms with E-state index in [0.717, 1.165) is 28.7 Å². The number of aromatic nitrogens is 2. The average Bonchev–Trinajstić information content (AvgIpc) is 3.17. The fourth-order valence-corrected chi connectivity index (χ4v) is 3.89. The minimum atomic E-state index is -4.72. The fraction of sp³-hybridized carbons (Fsp3) is 0.238.